The zero-order chi connectivity index (χ0) is 42.7. The fraction of sp³-hybridized carbons (Fsp3) is 0.0189. The molecule has 0 saturated heterocycles. The Morgan fingerprint density at radius 3 is 1.56 bits per heavy atom. The van der Waals surface area contributed by atoms with Crippen molar-refractivity contribution in [3.8, 4) is 56.9 Å². The highest BCUT2D eigenvalue weighted by atomic mass is 19.4. The van der Waals surface area contributed by atoms with Gasteiger partial charge in [0.2, 0.25) is 0 Å². The summed E-state index contributed by atoms with van der Waals surface area (Å²) >= 11 is 0. The summed E-state index contributed by atoms with van der Waals surface area (Å²) < 4.78 is 46.2. The Morgan fingerprint density at radius 1 is 0.468 bits per heavy atom. The van der Waals surface area contributed by atoms with Gasteiger partial charge in [-0.3, -0.25) is 0 Å². The van der Waals surface area contributed by atoms with Crippen LogP contribution in [0.25, 0.3) is 98.1 Å². The molecule has 6 nitrogen and oxygen atoms in total. The van der Waals surface area contributed by atoms with Crippen LogP contribution in [0.2, 0.25) is 0 Å². The van der Waals surface area contributed by atoms with E-state index >= 15 is 0 Å². The van der Waals surface area contributed by atoms with Gasteiger partial charge in [-0.15, -0.1) is 0 Å². The van der Waals surface area contributed by atoms with Crippen LogP contribution in [0.5, 0.6) is 0 Å². The SMILES string of the molecule is [C-]#[N+]c1cccc(-c2ccc3c4ccccc4n(-c4cc(-c5ccc(C(F)(F)F)cc5[N+]#[C-])cc(-n5c6ccccc6c6ccc(-c7cccc(C#N)c7)cc65)c4C#N)c3c2)c1. The van der Waals surface area contributed by atoms with E-state index in [1.165, 1.54) is 6.07 Å². The number of hydrogen-bond donors (Lipinski definition) is 0. The zero-order valence-electron chi connectivity index (χ0n) is 32.4. The number of nitrogens with zero attached hydrogens (tertiary/aromatic N) is 6. The maximum absolute atomic E-state index is 14.0. The van der Waals surface area contributed by atoms with Crippen LogP contribution >= 0.6 is 0 Å². The lowest BCUT2D eigenvalue weighted by molar-refractivity contribution is -0.137. The molecule has 62 heavy (non-hydrogen) atoms. The molecule has 0 aliphatic rings. The Hall–Kier alpha value is -8.89. The number of para-hydroxylation sites is 2. The first kappa shape index (κ1) is 37.4. The molecule has 0 N–H and O–H groups in total. The molecular weight excluding hydrogens is 778 g/mol. The summed E-state index contributed by atoms with van der Waals surface area (Å²) in [5, 5.41) is 24.8. The van der Waals surface area contributed by atoms with Gasteiger partial charge in [-0.25, -0.2) is 9.69 Å². The fourth-order valence-corrected chi connectivity index (χ4v) is 8.62. The van der Waals surface area contributed by atoms with E-state index in [-0.39, 0.29) is 16.8 Å². The van der Waals surface area contributed by atoms with Crippen LogP contribution in [0.4, 0.5) is 24.5 Å². The van der Waals surface area contributed by atoms with Crippen molar-refractivity contribution >= 4 is 55.0 Å². The minimum atomic E-state index is -4.67. The third-order valence-electron chi connectivity index (χ3n) is 11.4. The molecule has 2 heterocycles. The normalized spacial score (nSPS) is 11.4. The van der Waals surface area contributed by atoms with E-state index in [1.54, 1.807) is 24.3 Å². The summed E-state index contributed by atoms with van der Waals surface area (Å²) in [4.78, 5) is 7.22. The van der Waals surface area contributed by atoms with E-state index in [9.17, 15) is 23.7 Å². The van der Waals surface area contributed by atoms with Crippen LogP contribution in [0.15, 0.2) is 164 Å². The monoisotopic (exact) mass is 804 g/mol. The van der Waals surface area contributed by atoms with Crippen LogP contribution < -0.4 is 0 Å². The molecule has 0 radical (unpaired) electrons. The second-order valence-corrected chi connectivity index (χ2v) is 14.9. The molecule has 0 amide bonds. The molecule has 9 heteroatoms. The largest absolute Gasteiger partial charge is 0.415 e. The summed E-state index contributed by atoms with van der Waals surface area (Å²) in [5.74, 6) is 0. The van der Waals surface area contributed by atoms with Gasteiger partial charge in [0.15, 0.2) is 11.4 Å². The topological polar surface area (TPSA) is 66.2 Å². The van der Waals surface area contributed by atoms with Gasteiger partial charge in [0.05, 0.1) is 58.2 Å². The highest BCUT2D eigenvalue weighted by molar-refractivity contribution is 6.12. The van der Waals surface area contributed by atoms with Crippen LogP contribution in [-0.2, 0) is 6.18 Å². The van der Waals surface area contributed by atoms with Crippen molar-refractivity contribution in [3.05, 3.63) is 203 Å². The smallest absolute Gasteiger partial charge is 0.308 e. The van der Waals surface area contributed by atoms with Gasteiger partial charge in [0, 0.05) is 27.1 Å². The maximum Gasteiger partial charge on any atom is 0.415 e. The average Bonchev–Trinajstić information content (AvgIpc) is 3.82. The molecule has 10 rings (SSSR count). The molecule has 0 bridgehead atoms. The van der Waals surface area contributed by atoms with Crippen molar-refractivity contribution in [1.29, 1.82) is 10.5 Å². The molecular formula is C53H27F3N6. The van der Waals surface area contributed by atoms with E-state index in [2.05, 4.69) is 21.8 Å². The molecule has 290 valence electrons. The molecule has 0 saturated carbocycles. The number of rotatable bonds is 5. The van der Waals surface area contributed by atoms with Gasteiger partial charge in [-0.05, 0) is 94.0 Å². The number of fused-ring (bicyclic) bond motifs is 6. The highest BCUT2D eigenvalue weighted by Gasteiger charge is 2.31. The van der Waals surface area contributed by atoms with Gasteiger partial charge in [0.25, 0.3) is 0 Å². The van der Waals surface area contributed by atoms with E-state index in [4.69, 9.17) is 13.1 Å². The zero-order valence-corrected chi connectivity index (χ0v) is 32.4. The Balaban J connectivity index is 1.34. The summed E-state index contributed by atoms with van der Waals surface area (Å²) in [5.41, 5.74) is 8.20. The van der Waals surface area contributed by atoms with Crippen LogP contribution in [0.1, 0.15) is 16.7 Å². The first-order valence-electron chi connectivity index (χ1n) is 19.4. The lowest BCUT2D eigenvalue weighted by Crippen LogP contribution is -2.06. The standard InChI is InChI=1S/C53H27F3N6/c1-59-39-12-8-11-34(24-39)36-18-21-44-42-14-4-6-16-48(42)62(50(44)26-36)52-28-37(40-22-19-38(53(54,55)56)29-46(40)60-2)27-51(45(52)31-58)61-47-15-5-3-13-41(47)43-20-17-35(25-49(43)61)33-10-7-9-32(23-33)30-57/h3-29H. The second kappa shape index (κ2) is 14.4. The Bertz CT molecular complexity index is 3500. The lowest BCUT2D eigenvalue weighted by atomic mass is 9.97. The first-order valence-corrected chi connectivity index (χ1v) is 19.4. The predicted octanol–water partition coefficient (Wildman–Crippen LogP) is 14.7. The summed E-state index contributed by atoms with van der Waals surface area (Å²) in [6.07, 6.45) is -4.67. The molecule has 0 atom stereocenters. The van der Waals surface area contributed by atoms with E-state index in [0.29, 0.717) is 28.2 Å². The summed E-state index contributed by atoms with van der Waals surface area (Å²) in [6, 6.07) is 53.9. The number of nitriles is 2. The molecule has 0 unspecified atom stereocenters. The molecule has 0 fully saturated rings. The highest BCUT2D eigenvalue weighted by Crippen LogP contribution is 2.44. The van der Waals surface area contributed by atoms with E-state index in [0.717, 1.165) is 78.0 Å². The number of aromatic nitrogens is 2. The van der Waals surface area contributed by atoms with Gasteiger partial charge >= 0.3 is 6.18 Å². The van der Waals surface area contributed by atoms with E-state index < -0.39 is 11.7 Å². The summed E-state index contributed by atoms with van der Waals surface area (Å²) in [7, 11) is 0. The Morgan fingerprint density at radius 2 is 1.02 bits per heavy atom. The molecule has 2 aromatic heterocycles. The van der Waals surface area contributed by atoms with Crippen molar-refractivity contribution in [2.24, 2.45) is 0 Å². The molecule has 0 spiro atoms. The van der Waals surface area contributed by atoms with Gasteiger partial charge in [-0.1, -0.05) is 103 Å². The van der Waals surface area contributed by atoms with Crippen LogP contribution in [-0.4, -0.2) is 9.13 Å². The summed E-state index contributed by atoms with van der Waals surface area (Å²) in [6.45, 7) is 15.7. The third kappa shape index (κ3) is 6.01. The fourth-order valence-electron chi connectivity index (χ4n) is 8.62. The number of halogens is 3. The number of hydrogen-bond acceptors (Lipinski definition) is 2. The minimum Gasteiger partial charge on any atom is -0.308 e. The number of alkyl halides is 3. The van der Waals surface area contributed by atoms with Gasteiger partial charge in [0.1, 0.15) is 11.6 Å². The van der Waals surface area contributed by atoms with Crippen molar-refractivity contribution in [3.63, 3.8) is 0 Å². The molecule has 8 aromatic carbocycles. The quantitative estimate of drug-likeness (QED) is 0.163. The van der Waals surface area contributed by atoms with Crippen LogP contribution in [0, 0.1) is 35.8 Å². The number of benzene rings is 8. The molecule has 10 aromatic rings. The Labute approximate surface area is 353 Å². The third-order valence-corrected chi connectivity index (χ3v) is 11.4. The van der Waals surface area contributed by atoms with Crippen molar-refractivity contribution in [1.82, 2.24) is 9.13 Å². The van der Waals surface area contributed by atoms with Crippen molar-refractivity contribution in [2.75, 3.05) is 0 Å². The van der Waals surface area contributed by atoms with Crippen LogP contribution in [0.3, 0.4) is 0 Å². The average molecular weight is 805 g/mol. The molecule has 0 aliphatic heterocycles. The first-order chi connectivity index (χ1) is 30.2. The maximum atomic E-state index is 14.0. The minimum absolute atomic E-state index is 0.187. The predicted molar refractivity (Wildman–Crippen MR) is 238 cm³/mol. The second-order valence-electron chi connectivity index (χ2n) is 14.9. The molecule has 0 aliphatic carbocycles. The Kier molecular flexibility index (Phi) is 8.70. The van der Waals surface area contributed by atoms with Gasteiger partial charge < -0.3 is 9.13 Å². The lowest BCUT2D eigenvalue weighted by Gasteiger charge is -2.19. The van der Waals surface area contributed by atoms with Gasteiger partial charge in [-0.2, -0.15) is 23.7 Å². The van der Waals surface area contributed by atoms with E-state index in [1.807, 2.05) is 130 Å². The van der Waals surface area contributed by atoms with Crippen molar-refractivity contribution < 1.29 is 13.2 Å². The van der Waals surface area contributed by atoms with Crippen molar-refractivity contribution in [2.45, 2.75) is 6.18 Å².